The predicted molar refractivity (Wildman–Crippen MR) is 98.2 cm³/mol. The highest BCUT2D eigenvalue weighted by Crippen LogP contribution is 2.34. The number of amides is 1. The van der Waals surface area contributed by atoms with Gasteiger partial charge in [0.05, 0.1) is 13.0 Å². The molecule has 0 saturated carbocycles. The smallest absolute Gasteiger partial charge is 0.309 e. The molecule has 0 radical (unpaired) electrons. The molecule has 1 amide bonds. The summed E-state index contributed by atoms with van der Waals surface area (Å²) in [6, 6.07) is 10.9. The molecule has 1 aliphatic rings. The molecule has 1 heterocycles. The molecule has 0 bridgehead atoms. The standard InChI is InChI=1S/C20H21NO6/c1-13-3-4-14(2)17(9-13)24-8-7-20(23)25-11-19(22)21-15-5-6-16-18(10-15)27-12-26-16/h3-6,9-10H,7-8,11-12H2,1-2H3,(H,21,22). The molecule has 7 heteroatoms. The first-order valence-corrected chi connectivity index (χ1v) is 8.56. The highest BCUT2D eigenvalue weighted by molar-refractivity contribution is 5.93. The fraction of sp³-hybridized carbons (Fsp3) is 0.300. The fourth-order valence-electron chi connectivity index (χ4n) is 2.50. The van der Waals surface area contributed by atoms with E-state index in [0.29, 0.717) is 17.2 Å². The van der Waals surface area contributed by atoms with Crippen molar-refractivity contribution in [2.75, 3.05) is 25.3 Å². The Morgan fingerprint density at radius 2 is 1.89 bits per heavy atom. The van der Waals surface area contributed by atoms with E-state index in [-0.39, 0.29) is 26.4 Å². The summed E-state index contributed by atoms with van der Waals surface area (Å²) in [5.41, 5.74) is 2.62. The summed E-state index contributed by atoms with van der Waals surface area (Å²) in [7, 11) is 0. The number of nitrogens with one attached hydrogen (secondary N) is 1. The molecular formula is C20H21NO6. The topological polar surface area (TPSA) is 83.1 Å². The van der Waals surface area contributed by atoms with E-state index in [2.05, 4.69) is 5.32 Å². The molecule has 2 aromatic rings. The normalized spacial score (nSPS) is 11.8. The number of rotatable bonds is 7. The molecule has 0 spiro atoms. The third-order valence-corrected chi connectivity index (χ3v) is 3.93. The quantitative estimate of drug-likeness (QED) is 0.754. The van der Waals surface area contributed by atoms with E-state index in [9.17, 15) is 9.59 Å². The van der Waals surface area contributed by atoms with Crippen LogP contribution in [0.2, 0.25) is 0 Å². The molecule has 0 fully saturated rings. The maximum Gasteiger partial charge on any atom is 0.309 e. The Labute approximate surface area is 157 Å². The van der Waals surface area contributed by atoms with Crippen LogP contribution in [0.15, 0.2) is 36.4 Å². The fourth-order valence-corrected chi connectivity index (χ4v) is 2.50. The molecular weight excluding hydrogens is 350 g/mol. The van der Waals surface area contributed by atoms with Crippen molar-refractivity contribution in [3.05, 3.63) is 47.5 Å². The van der Waals surface area contributed by atoms with Crippen molar-refractivity contribution in [3.8, 4) is 17.2 Å². The third-order valence-electron chi connectivity index (χ3n) is 3.93. The summed E-state index contributed by atoms with van der Waals surface area (Å²) in [5, 5.41) is 2.64. The van der Waals surface area contributed by atoms with E-state index in [0.717, 1.165) is 16.9 Å². The van der Waals surface area contributed by atoms with Gasteiger partial charge >= 0.3 is 5.97 Å². The summed E-state index contributed by atoms with van der Waals surface area (Å²) >= 11 is 0. The zero-order valence-electron chi connectivity index (χ0n) is 15.2. The van der Waals surface area contributed by atoms with E-state index < -0.39 is 11.9 Å². The average molecular weight is 371 g/mol. The maximum absolute atomic E-state index is 11.9. The average Bonchev–Trinajstić information content (AvgIpc) is 3.10. The number of fused-ring (bicyclic) bond motifs is 1. The van der Waals surface area contributed by atoms with Crippen molar-refractivity contribution < 1.29 is 28.5 Å². The van der Waals surface area contributed by atoms with Gasteiger partial charge in [-0.3, -0.25) is 9.59 Å². The van der Waals surface area contributed by atoms with Crippen LogP contribution in [0.4, 0.5) is 5.69 Å². The maximum atomic E-state index is 11.9. The van der Waals surface area contributed by atoms with Gasteiger partial charge in [0.2, 0.25) is 6.79 Å². The van der Waals surface area contributed by atoms with E-state index >= 15 is 0 Å². The van der Waals surface area contributed by atoms with Crippen LogP contribution < -0.4 is 19.5 Å². The number of carbonyl (C=O) groups excluding carboxylic acids is 2. The van der Waals surface area contributed by atoms with Crippen molar-refractivity contribution in [3.63, 3.8) is 0 Å². The Hall–Kier alpha value is -3.22. The van der Waals surface area contributed by atoms with Gasteiger partial charge in [-0.2, -0.15) is 0 Å². The number of esters is 1. The Morgan fingerprint density at radius 1 is 1.07 bits per heavy atom. The Balaban J connectivity index is 1.38. The first kappa shape index (κ1) is 18.6. The minimum atomic E-state index is -0.499. The minimum Gasteiger partial charge on any atom is -0.493 e. The monoisotopic (exact) mass is 371 g/mol. The zero-order valence-corrected chi connectivity index (χ0v) is 15.2. The molecule has 1 aliphatic heterocycles. The SMILES string of the molecule is Cc1ccc(C)c(OCCC(=O)OCC(=O)Nc2ccc3c(c2)OCO3)c1. The molecule has 142 valence electrons. The lowest BCUT2D eigenvalue weighted by molar-refractivity contribution is -0.147. The Bertz CT molecular complexity index is 848. The third kappa shape index (κ3) is 5.13. The van der Waals surface area contributed by atoms with Crippen LogP contribution >= 0.6 is 0 Å². The van der Waals surface area contributed by atoms with Gasteiger partial charge in [-0.15, -0.1) is 0 Å². The predicted octanol–water partition coefficient (Wildman–Crippen LogP) is 2.98. The molecule has 3 rings (SSSR count). The van der Waals surface area contributed by atoms with Crippen molar-refractivity contribution >= 4 is 17.6 Å². The van der Waals surface area contributed by atoms with Crippen LogP contribution in [0.3, 0.4) is 0 Å². The number of carbonyl (C=O) groups is 2. The zero-order chi connectivity index (χ0) is 19.2. The van der Waals surface area contributed by atoms with Gasteiger partial charge in [0, 0.05) is 11.8 Å². The highest BCUT2D eigenvalue weighted by Gasteiger charge is 2.15. The van der Waals surface area contributed by atoms with E-state index in [1.54, 1.807) is 18.2 Å². The molecule has 0 saturated heterocycles. The van der Waals surface area contributed by atoms with Crippen LogP contribution in [0.5, 0.6) is 17.2 Å². The van der Waals surface area contributed by atoms with Crippen LogP contribution in [0.1, 0.15) is 17.5 Å². The summed E-state index contributed by atoms with van der Waals surface area (Å²) in [5.74, 6) is 0.999. The molecule has 0 aromatic heterocycles. The lowest BCUT2D eigenvalue weighted by Crippen LogP contribution is -2.21. The van der Waals surface area contributed by atoms with Crippen molar-refractivity contribution in [1.29, 1.82) is 0 Å². The van der Waals surface area contributed by atoms with Gasteiger partial charge in [-0.05, 0) is 43.2 Å². The second-order valence-corrected chi connectivity index (χ2v) is 6.14. The highest BCUT2D eigenvalue weighted by atomic mass is 16.7. The lowest BCUT2D eigenvalue weighted by Gasteiger charge is -2.10. The Kier molecular flexibility index (Phi) is 5.80. The number of hydrogen-bond donors (Lipinski definition) is 1. The van der Waals surface area contributed by atoms with E-state index in [4.69, 9.17) is 18.9 Å². The molecule has 27 heavy (non-hydrogen) atoms. The molecule has 0 unspecified atom stereocenters. The van der Waals surface area contributed by atoms with Crippen LogP contribution in [0.25, 0.3) is 0 Å². The second kappa shape index (κ2) is 8.44. The molecule has 2 aromatic carbocycles. The molecule has 0 atom stereocenters. The molecule has 7 nitrogen and oxygen atoms in total. The van der Waals surface area contributed by atoms with Gasteiger partial charge in [-0.25, -0.2) is 0 Å². The summed E-state index contributed by atoms with van der Waals surface area (Å²) in [6.45, 7) is 3.89. The number of aryl methyl sites for hydroxylation is 2. The number of benzene rings is 2. The molecule has 1 N–H and O–H groups in total. The summed E-state index contributed by atoms with van der Waals surface area (Å²) < 4.78 is 21.0. The largest absolute Gasteiger partial charge is 0.493 e. The van der Waals surface area contributed by atoms with Crippen molar-refractivity contribution in [1.82, 2.24) is 0 Å². The second-order valence-electron chi connectivity index (χ2n) is 6.14. The van der Waals surface area contributed by atoms with Crippen LogP contribution in [0, 0.1) is 13.8 Å². The van der Waals surface area contributed by atoms with Gasteiger partial charge in [0.25, 0.3) is 5.91 Å². The van der Waals surface area contributed by atoms with E-state index in [1.807, 2.05) is 32.0 Å². The van der Waals surface area contributed by atoms with Crippen molar-refractivity contribution in [2.45, 2.75) is 20.3 Å². The minimum absolute atomic E-state index is 0.0602. The first-order chi connectivity index (χ1) is 13.0. The first-order valence-electron chi connectivity index (χ1n) is 8.56. The van der Waals surface area contributed by atoms with Gasteiger partial charge in [-0.1, -0.05) is 12.1 Å². The van der Waals surface area contributed by atoms with Gasteiger partial charge in [0.1, 0.15) is 5.75 Å². The molecule has 0 aliphatic carbocycles. The van der Waals surface area contributed by atoms with Crippen LogP contribution in [-0.4, -0.2) is 31.9 Å². The van der Waals surface area contributed by atoms with Gasteiger partial charge in [0.15, 0.2) is 18.1 Å². The van der Waals surface area contributed by atoms with Crippen LogP contribution in [-0.2, 0) is 14.3 Å². The number of hydrogen-bond acceptors (Lipinski definition) is 6. The Morgan fingerprint density at radius 3 is 2.74 bits per heavy atom. The lowest BCUT2D eigenvalue weighted by atomic mass is 10.1. The summed E-state index contributed by atoms with van der Waals surface area (Å²) in [4.78, 5) is 23.7. The van der Waals surface area contributed by atoms with Crippen molar-refractivity contribution in [2.24, 2.45) is 0 Å². The summed E-state index contributed by atoms with van der Waals surface area (Å²) in [6.07, 6.45) is 0.0602. The van der Waals surface area contributed by atoms with E-state index in [1.165, 1.54) is 0 Å². The number of anilines is 1. The van der Waals surface area contributed by atoms with Gasteiger partial charge < -0.3 is 24.3 Å². The number of ether oxygens (including phenoxy) is 4.